The number of hydrogen-bond donors (Lipinski definition) is 1. The highest BCUT2D eigenvalue weighted by Crippen LogP contribution is 2.13. The zero-order valence-corrected chi connectivity index (χ0v) is 11.3. The van der Waals surface area contributed by atoms with Crippen LogP contribution >= 0.6 is 12.2 Å². The van der Waals surface area contributed by atoms with E-state index >= 15 is 0 Å². The molecule has 0 atom stereocenters. The van der Waals surface area contributed by atoms with Crippen LogP contribution in [0.25, 0.3) is 0 Å². The van der Waals surface area contributed by atoms with Crippen molar-refractivity contribution in [1.82, 2.24) is 0 Å². The summed E-state index contributed by atoms with van der Waals surface area (Å²) in [6.07, 6.45) is 5.12. The minimum atomic E-state index is 0.592. The molecule has 0 unspecified atom stereocenters. The van der Waals surface area contributed by atoms with Crippen molar-refractivity contribution in [2.75, 3.05) is 6.61 Å². The lowest BCUT2D eigenvalue weighted by Crippen LogP contribution is -2.07. The summed E-state index contributed by atoms with van der Waals surface area (Å²) in [6.45, 7) is 2.92. The summed E-state index contributed by atoms with van der Waals surface area (Å²) >= 11 is 4.81. The van der Waals surface area contributed by atoms with E-state index in [1.807, 2.05) is 12.1 Å². The van der Waals surface area contributed by atoms with Gasteiger partial charge in [0.1, 0.15) is 5.75 Å². The molecule has 0 aliphatic carbocycles. The van der Waals surface area contributed by atoms with E-state index < -0.39 is 0 Å². The topological polar surface area (TPSA) is 35.2 Å². The molecule has 1 aromatic carbocycles. The Morgan fingerprint density at radius 1 is 1.24 bits per heavy atom. The number of aryl methyl sites for hydroxylation is 1. The molecule has 17 heavy (non-hydrogen) atoms. The van der Waals surface area contributed by atoms with Crippen LogP contribution in [0.3, 0.4) is 0 Å². The molecule has 2 nitrogen and oxygen atoms in total. The molecule has 94 valence electrons. The van der Waals surface area contributed by atoms with Crippen molar-refractivity contribution >= 4 is 17.2 Å². The fraction of sp³-hybridized carbons (Fsp3) is 0.500. The van der Waals surface area contributed by atoms with E-state index in [1.165, 1.54) is 12.0 Å². The van der Waals surface area contributed by atoms with Crippen LogP contribution in [-0.2, 0) is 6.42 Å². The standard InChI is InChI=1S/C14H21NOS/c1-2-5-12-7-9-13(10-8-12)16-11-4-3-6-14(15)17/h7-10H,2-6,11H2,1H3,(H2,15,17). The molecule has 0 saturated heterocycles. The quantitative estimate of drug-likeness (QED) is 0.567. The Hall–Kier alpha value is -1.09. The van der Waals surface area contributed by atoms with Crippen molar-refractivity contribution in [3.63, 3.8) is 0 Å². The average Bonchev–Trinajstić information content (AvgIpc) is 2.31. The van der Waals surface area contributed by atoms with Crippen LogP contribution in [0.2, 0.25) is 0 Å². The van der Waals surface area contributed by atoms with Gasteiger partial charge in [0, 0.05) is 0 Å². The van der Waals surface area contributed by atoms with Crippen LogP contribution < -0.4 is 10.5 Å². The van der Waals surface area contributed by atoms with Crippen LogP contribution in [0, 0.1) is 0 Å². The van der Waals surface area contributed by atoms with E-state index in [-0.39, 0.29) is 0 Å². The monoisotopic (exact) mass is 251 g/mol. The molecule has 0 aliphatic heterocycles. The number of ether oxygens (including phenoxy) is 1. The third kappa shape index (κ3) is 6.27. The zero-order valence-electron chi connectivity index (χ0n) is 10.4. The normalized spacial score (nSPS) is 10.2. The lowest BCUT2D eigenvalue weighted by molar-refractivity contribution is 0.308. The molecule has 0 aromatic heterocycles. The molecule has 0 radical (unpaired) electrons. The summed E-state index contributed by atoms with van der Waals surface area (Å²) in [5.74, 6) is 0.945. The van der Waals surface area contributed by atoms with Gasteiger partial charge in [0.2, 0.25) is 0 Å². The van der Waals surface area contributed by atoms with E-state index in [4.69, 9.17) is 22.7 Å². The number of thiocarbonyl (C=S) groups is 1. The van der Waals surface area contributed by atoms with Crippen molar-refractivity contribution in [2.45, 2.75) is 39.0 Å². The van der Waals surface area contributed by atoms with Gasteiger partial charge in [0.05, 0.1) is 11.6 Å². The summed E-state index contributed by atoms with van der Waals surface area (Å²) < 4.78 is 5.64. The van der Waals surface area contributed by atoms with Crippen molar-refractivity contribution in [3.8, 4) is 5.75 Å². The summed E-state index contributed by atoms with van der Waals surface area (Å²) in [6, 6.07) is 8.35. The van der Waals surface area contributed by atoms with Crippen LogP contribution in [-0.4, -0.2) is 11.6 Å². The maximum absolute atomic E-state index is 5.64. The van der Waals surface area contributed by atoms with Crippen LogP contribution in [0.5, 0.6) is 5.75 Å². The Balaban J connectivity index is 2.20. The molecule has 1 aromatic rings. The molecular weight excluding hydrogens is 230 g/mol. The summed E-state index contributed by atoms with van der Waals surface area (Å²) in [4.78, 5) is 0.592. The van der Waals surface area contributed by atoms with Gasteiger partial charge in [-0.25, -0.2) is 0 Å². The van der Waals surface area contributed by atoms with Crippen molar-refractivity contribution in [3.05, 3.63) is 29.8 Å². The maximum atomic E-state index is 5.64. The first kappa shape index (κ1) is 14.0. The highest BCUT2D eigenvalue weighted by molar-refractivity contribution is 7.80. The van der Waals surface area contributed by atoms with Gasteiger partial charge in [-0.1, -0.05) is 37.7 Å². The van der Waals surface area contributed by atoms with E-state index in [0.717, 1.165) is 38.0 Å². The molecule has 1 rings (SSSR count). The van der Waals surface area contributed by atoms with Crippen LogP contribution in [0.4, 0.5) is 0 Å². The number of unbranched alkanes of at least 4 members (excludes halogenated alkanes) is 1. The predicted octanol–water partition coefficient (Wildman–Crippen LogP) is 3.47. The maximum Gasteiger partial charge on any atom is 0.119 e. The molecule has 0 bridgehead atoms. The molecule has 0 spiro atoms. The lowest BCUT2D eigenvalue weighted by atomic mass is 10.1. The van der Waals surface area contributed by atoms with Crippen molar-refractivity contribution in [2.24, 2.45) is 5.73 Å². The highest BCUT2D eigenvalue weighted by Gasteiger charge is 1.96. The number of rotatable bonds is 8. The Kier molecular flexibility index (Phi) is 6.63. The Labute approximate surface area is 109 Å². The van der Waals surface area contributed by atoms with Crippen LogP contribution in [0.15, 0.2) is 24.3 Å². The smallest absolute Gasteiger partial charge is 0.119 e. The molecule has 0 saturated carbocycles. The van der Waals surface area contributed by atoms with E-state index in [9.17, 15) is 0 Å². The minimum Gasteiger partial charge on any atom is -0.494 e. The second-order valence-corrected chi connectivity index (χ2v) is 4.69. The molecular formula is C14H21NOS. The first-order valence-corrected chi connectivity index (χ1v) is 6.63. The third-order valence-electron chi connectivity index (χ3n) is 2.55. The molecule has 0 aliphatic rings. The first-order chi connectivity index (χ1) is 8.22. The van der Waals surface area contributed by atoms with Gasteiger partial charge in [0.15, 0.2) is 0 Å². The fourth-order valence-corrected chi connectivity index (χ4v) is 1.78. The molecule has 0 amide bonds. The van der Waals surface area contributed by atoms with E-state index in [0.29, 0.717) is 4.99 Å². The Bertz CT molecular complexity index is 335. The number of nitrogens with two attached hydrogens (primary N) is 1. The van der Waals surface area contributed by atoms with Gasteiger partial charge in [-0.3, -0.25) is 0 Å². The summed E-state index contributed by atoms with van der Waals surface area (Å²) in [5, 5.41) is 0. The van der Waals surface area contributed by atoms with Crippen LogP contribution in [0.1, 0.15) is 38.2 Å². The van der Waals surface area contributed by atoms with Gasteiger partial charge in [-0.05, 0) is 43.4 Å². The highest BCUT2D eigenvalue weighted by atomic mass is 32.1. The molecule has 2 N–H and O–H groups in total. The second-order valence-electron chi connectivity index (χ2n) is 4.17. The molecule has 3 heteroatoms. The van der Waals surface area contributed by atoms with Gasteiger partial charge < -0.3 is 10.5 Å². The minimum absolute atomic E-state index is 0.592. The predicted molar refractivity (Wildman–Crippen MR) is 76.6 cm³/mol. The average molecular weight is 251 g/mol. The fourth-order valence-electron chi connectivity index (χ4n) is 1.63. The SMILES string of the molecule is CCCc1ccc(OCCCCC(N)=S)cc1. The molecule has 0 heterocycles. The van der Waals surface area contributed by atoms with Crippen molar-refractivity contribution in [1.29, 1.82) is 0 Å². The summed E-state index contributed by atoms with van der Waals surface area (Å²) in [7, 11) is 0. The van der Waals surface area contributed by atoms with E-state index in [2.05, 4.69) is 19.1 Å². The van der Waals surface area contributed by atoms with Gasteiger partial charge >= 0.3 is 0 Å². The zero-order chi connectivity index (χ0) is 12.5. The summed E-state index contributed by atoms with van der Waals surface area (Å²) in [5.41, 5.74) is 6.79. The van der Waals surface area contributed by atoms with Gasteiger partial charge in [-0.2, -0.15) is 0 Å². The van der Waals surface area contributed by atoms with Crippen molar-refractivity contribution < 1.29 is 4.74 Å². The number of benzene rings is 1. The number of hydrogen-bond acceptors (Lipinski definition) is 2. The Morgan fingerprint density at radius 3 is 2.53 bits per heavy atom. The molecule has 0 fully saturated rings. The Morgan fingerprint density at radius 2 is 1.94 bits per heavy atom. The van der Waals surface area contributed by atoms with Gasteiger partial charge in [0.25, 0.3) is 0 Å². The second kappa shape index (κ2) is 8.07. The third-order valence-corrected chi connectivity index (χ3v) is 2.75. The largest absolute Gasteiger partial charge is 0.494 e. The first-order valence-electron chi connectivity index (χ1n) is 6.22. The van der Waals surface area contributed by atoms with E-state index in [1.54, 1.807) is 0 Å². The van der Waals surface area contributed by atoms with Gasteiger partial charge in [-0.15, -0.1) is 0 Å². The lowest BCUT2D eigenvalue weighted by Gasteiger charge is -2.06.